The normalized spacial score (nSPS) is 12.3. The molecule has 0 fully saturated rings. The summed E-state index contributed by atoms with van der Waals surface area (Å²) in [6.45, 7) is 12.0. The van der Waals surface area contributed by atoms with E-state index in [1.54, 1.807) is 0 Å². The molecular formula is C28H32NSi+. The van der Waals surface area contributed by atoms with Crippen LogP contribution >= 0.6 is 0 Å². The van der Waals surface area contributed by atoms with E-state index >= 15 is 0 Å². The molecule has 0 aliphatic carbocycles. The highest BCUT2D eigenvalue weighted by atomic mass is 28.3. The van der Waals surface area contributed by atoms with Crippen LogP contribution in [-0.4, -0.2) is 8.07 Å². The molecule has 1 aromatic heterocycles. The van der Waals surface area contributed by atoms with Crippen molar-refractivity contribution in [3.63, 3.8) is 0 Å². The van der Waals surface area contributed by atoms with Crippen molar-refractivity contribution >= 4 is 24.0 Å². The number of aromatic nitrogens is 1. The minimum atomic E-state index is -1.79. The third kappa shape index (κ3) is 3.29. The first-order valence-corrected chi connectivity index (χ1v) is 13.8. The van der Waals surface area contributed by atoms with Gasteiger partial charge in [-0.15, -0.1) is 0 Å². The van der Waals surface area contributed by atoms with Crippen molar-refractivity contribution < 1.29 is 4.57 Å². The molecule has 4 rings (SSSR count). The molecule has 3 aromatic carbocycles. The van der Waals surface area contributed by atoms with Crippen LogP contribution in [0.5, 0.6) is 0 Å². The van der Waals surface area contributed by atoms with Gasteiger partial charge < -0.3 is 0 Å². The topological polar surface area (TPSA) is 3.88 Å². The van der Waals surface area contributed by atoms with E-state index < -0.39 is 8.07 Å². The van der Waals surface area contributed by atoms with Gasteiger partial charge in [-0.2, -0.15) is 0 Å². The smallest absolute Gasteiger partial charge is 0.200 e. The molecule has 1 nitrogen and oxygen atoms in total. The van der Waals surface area contributed by atoms with Crippen LogP contribution in [-0.2, 0) is 12.1 Å². The molecule has 0 saturated carbocycles. The van der Waals surface area contributed by atoms with E-state index in [2.05, 4.69) is 131 Å². The summed E-state index contributed by atoms with van der Waals surface area (Å²) in [5.74, 6) is 0. The van der Waals surface area contributed by atoms with Crippen LogP contribution in [0, 0.1) is 6.92 Å². The zero-order valence-electron chi connectivity index (χ0n) is 19.0. The van der Waals surface area contributed by atoms with Gasteiger partial charge in [0.15, 0.2) is 6.20 Å². The van der Waals surface area contributed by atoms with Gasteiger partial charge in [-0.3, -0.25) is 0 Å². The van der Waals surface area contributed by atoms with E-state index in [0.29, 0.717) is 0 Å². The number of hydrogen-bond acceptors (Lipinski definition) is 0. The lowest BCUT2D eigenvalue weighted by molar-refractivity contribution is -0.659. The summed E-state index contributed by atoms with van der Waals surface area (Å²) >= 11 is 0. The van der Waals surface area contributed by atoms with Crippen LogP contribution in [0.25, 0.3) is 22.0 Å². The quantitative estimate of drug-likeness (QED) is 0.284. The molecule has 0 aliphatic heterocycles. The first-order chi connectivity index (χ1) is 14.2. The fraction of sp³-hybridized carbons (Fsp3) is 0.250. The molecule has 0 atom stereocenters. The fourth-order valence-corrected chi connectivity index (χ4v) is 7.14. The Morgan fingerprint density at radius 1 is 0.800 bits per heavy atom. The van der Waals surface area contributed by atoms with Gasteiger partial charge in [-0.05, 0) is 40.6 Å². The van der Waals surface area contributed by atoms with Gasteiger partial charge >= 0.3 is 0 Å². The Bertz CT molecular complexity index is 1210. The number of nitrogens with zero attached hydrogens (tertiary/aromatic N) is 1. The lowest BCUT2D eigenvalue weighted by Crippen LogP contribution is -2.57. The van der Waals surface area contributed by atoms with Crippen LogP contribution in [0.2, 0.25) is 13.1 Å². The second-order valence-electron chi connectivity index (χ2n) is 9.51. The SMILES string of the molecule is Cc1ccccc1-c1c2ccc([Si](C)(C)C(C)(C)c3ccccc3)cc2cc[n+]1C. The highest BCUT2D eigenvalue weighted by molar-refractivity contribution is 6.92. The van der Waals surface area contributed by atoms with E-state index in [-0.39, 0.29) is 5.04 Å². The first-order valence-electron chi connectivity index (χ1n) is 10.8. The Labute approximate surface area is 182 Å². The van der Waals surface area contributed by atoms with Gasteiger partial charge in [-0.25, -0.2) is 4.57 Å². The molecule has 0 spiro atoms. The summed E-state index contributed by atoms with van der Waals surface area (Å²) in [6.07, 6.45) is 2.20. The monoisotopic (exact) mass is 410 g/mol. The van der Waals surface area contributed by atoms with Gasteiger partial charge in [0, 0.05) is 11.6 Å². The number of fused-ring (bicyclic) bond motifs is 1. The zero-order chi connectivity index (χ0) is 21.5. The minimum absolute atomic E-state index is 0.139. The van der Waals surface area contributed by atoms with E-state index in [9.17, 15) is 0 Å². The molecule has 0 radical (unpaired) electrons. The summed E-state index contributed by atoms with van der Waals surface area (Å²) in [6, 6.07) is 29.1. The number of pyridine rings is 1. The maximum atomic E-state index is 2.51. The molecule has 30 heavy (non-hydrogen) atoms. The number of rotatable bonds is 4. The highest BCUT2D eigenvalue weighted by Gasteiger charge is 2.41. The Morgan fingerprint density at radius 3 is 2.17 bits per heavy atom. The largest absolute Gasteiger partial charge is 0.220 e. The summed E-state index contributed by atoms with van der Waals surface area (Å²) in [7, 11) is 0.352. The van der Waals surface area contributed by atoms with E-state index in [0.717, 1.165) is 0 Å². The van der Waals surface area contributed by atoms with Crippen LogP contribution < -0.4 is 9.75 Å². The van der Waals surface area contributed by atoms with Gasteiger partial charge in [-0.1, -0.05) is 92.8 Å². The molecule has 4 aromatic rings. The van der Waals surface area contributed by atoms with Crippen LogP contribution in [0.3, 0.4) is 0 Å². The van der Waals surface area contributed by atoms with Crippen molar-refractivity contribution in [1.82, 2.24) is 0 Å². The van der Waals surface area contributed by atoms with Crippen molar-refractivity contribution in [2.75, 3.05) is 0 Å². The van der Waals surface area contributed by atoms with Crippen molar-refractivity contribution in [2.24, 2.45) is 7.05 Å². The molecule has 2 heteroatoms. The van der Waals surface area contributed by atoms with Crippen LogP contribution in [0.15, 0.2) is 85.1 Å². The first kappa shape index (κ1) is 20.6. The van der Waals surface area contributed by atoms with E-state index in [1.165, 1.54) is 38.3 Å². The van der Waals surface area contributed by atoms with Crippen molar-refractivity contribution in [3.05, 3.63) is 96.2 Å². The molecule has 152 valence electrons. The third-order valence-electron chi connectivity index (χ3n) is 7.32. The zero-order valence-corrected chi connectivity index (χ0v) is 20.0. The minimum Gasteiger partial charge on any atom is -0.200 e. The lowest BCUT2D eigenvalue weighted by Gasteiger charge is -2.41. The van der Waals surface area contributed by atoms with Gasteiger partial charge in [0.25, 0.3) is 0 Å². The second kappa shape index (κ2) is 7.52. The third-order valence-corrected chi connectivity index (χ3v) is 12.5. The second-order valence-corrected chi connectivity index (χ2v) is 14.6. The molecule has 0 unspecified atom stereocenters. The molecule has 0 amide bonds. The van der Waals surface area contributed by atoms with Crippen molar-refractivity contribution in [1.29, 1.82) is 0 Å². The fourth-order valence-electron chi connectivity index (χ4n) is 4.51. The Kier molecular flexibility index (Phi) is 5.15. The van der Waals surface area contributed by atoms with Gasteiger partial charge in [0.1, 0.15) is 7.05 Å². The number of hydrogen-bond donors (Lipinski definition) is 0. The van der Waals surface area contributed by atoms with Gasteiger partial charge in [0.2, 0.25) is 5.69 Å². The molecule has 0 bridgehead atoms. The predicted octanol–water partition coefficient (Wildman–Crippen LogP) is 6.07. The summed E-state index contributed by atoms with van der Waals surface area (Å²) in [5.41, 5.74) is 5.34. The maximum absolute atomic E-state index is 2.51. The molecule has 0 saturated heterocycles. The summed E-state index contributed by atoms with van der Waals surface area (Å²) < 4.78 is 2.25. The predicted molar refractivity (Wildman–Crippen MR) is 132 cm³/mol. The van der Waals surface area contributed by atoms with Crippen molar-refractivity contribution in [2.45, 2.75) is 38.9 Å². The standard InChI is InChI=1S/C28H32NSi/c1-21-12-10-11-15-25(21)27-26-17-16-24(20-22(26)18-19-29(27)4)30(5,6)28(2,3)23-13-8-7-9-14-23/h7-20H,1-6H3/q+1. The molecule has 0 aliphatic rings. The maximum Gasteiger partial charge on any atom is 0.220 e. The summed E-state index contributed by atoms with van der Waals surface area (Å²) in [4.78, 5) is 0. The average Bonchev–Trinajstić information content (AvgIpc) is 2.74. The van der Waals surface area contributed by atoms with Crippen LogP contribution in [0.4, 0.5) is 0 Å². The molecule has 0 N–H and O–H groups in total. The summed E-state index contributed by atoms with van der Waals surface area (Å²) in [5, 5.41) is 4.29. The molecule has 1 heterocycles. The lowest BCUT2D eigenvalue weighted by atomic mass is 10.00. The number of benzene rings is 3. The van der Waals surface area contributed by atoms with Gasteiger partial charge in [0.05, 0.1) is 13.5 Å². The Hall–Kier alpha value is -2.71. The highest BCUT2D eigenvalue weighted by Crippen LogP contribution is 2.34. The average molecular weight is 411 g/mol. The van der Waals surface area contributed by atoms with Crippen molar-refractivity contribution in [3.8, 4) is 11.3 Å². The molecular weight excluding hydrogens is 378 g/mol. The number of aryl methyl sites for hydroxylation is 2. The Balaban J connectivity index is 1.87. The van der Waals surface area contributed by atoms with Crippen LogP contribution in [0.1, 0.15) is 25.0 Å². The van der Waals surface area contributed by atoms with E-state index in [4.69, 9.17) is 0 Å². The van der Waals surface area contributed by atoms with E-state index in [1.807, 2.05) is 0 Å². The Morgan fingerprint density at radius 2 is 1.47 bits per heavy atom.